The van der Waals surface area contributed by atoms with Gasteiger partial charge in [-0.1, -0.05) is 53.5 Å². The van der Waals surface area contributed by atoms with Gasteiger partial charge in [-0.3, -0.25) is 19.7 Å². The smallest absolute Gasteiger partial charge is 0.339 e. The van der Waals surface area contributed by atoms with Crippen LogP contribution < -0.4 is 5.32 Å². The minimum absolute atomic E-state index is 0.0226. The molecule has 1 amide bonds. The van der Waals surface area contributed by atoms with Crippen molar-refractivity contribution < 1.29 is 24.0 Å². The molecule has 0 atom stereocenters. The topological polar surface area (TPSA) is 116 Å². The van der Waals surface area contributed by atoms with Gasteiger partial charge in [-0.05, 0) is 35.9 Å². The number of nitrogens with one attached hydrogen (secondary N) is 1. The van der Waals surface area contributed by atoms with Crippen molar-refractivity contribution in [1.29, 1.82) is 0 Å². The lowest BCUT2D eigenvalue weighted by molar-refractivity contribution is -0.384. The van der Waals surface area contributed by atoms with Gasteiger partial charge in [0.25, 0.3) is 11.6 Å². The van der Waals surface area contributed by atoms with Crippen molar-refractivity contribution in [3.8, 4) is 0 Å². The summed E-state index contributed by atoms with van der Waals surface area (Å²) in [5.41, 5.74) is 0.209. The Hall–Kier alpha value is -3.75. The maximum absolute atomic E-state index is 12.9. The molecule has 0 bridgehead atoms. The van der Waals surface area contributed by atoms with Crippen LogP contribution in [0, 0.1) is 10.1 Å². The zero-order valence-electron chi connectivity index (χ0n) is 16.9. The third-order valence-corrected chi connectivity index (χ3v) is 5.06. The molecular weight excluding hydrogens is 471 g/mol. The average molecular weight is 487 g/mol. The monoisotopic (exact) mass is 486 g/mol. The fourth-order valence-electron chi connectivity index (χ4n) is 2.92. The Balaban J connectivity index is 1.68. The SMILES string of the molecule is O=C(COC(=O)c1ccccc1C(=O)c1ccc(Cl)c([N+](=O)[O-])c1)NCc1cccc(Cl)c1. The minimum atomic E-state index is -0.889. The first-order valence-electron chi connectivity index (χ1n) is 9.52. The molecule has 3 aromatic carbocycles. The van der Waals surface area contributed by atoms with E-state index in [1.54, 1.807) is 24.3 Å². The maximum atomic E-state index is 12.9. The van der Waals surface area contributed by atoms with E-state index in [1.165, 1.54) is 36.4 Å². The van der Waals surface area contributed by atoms with Crippen LogP contribution in [0.3, 0.4) is 0 Å². The molecule has 3 aromatic rings. The molecule has 0 radical (unpaired) electrons. The van der Waals surface area contributed by atoms with Gasteiger partial charge in [-0.15, -0.1) is 0 Å². The Morgan fingerprint density at radius 2 is 1.67 bits per heavy atom. The van der Waals surface area contributed by atoms with Gasteiger partial charge < -0.3 is 10.1 Å². The quantitative estimate of drug-likeness (QED) is 0.215. The van der Waals surface area contributed by atoms with Crippen LogP contribution in [0.1, 0.15) is 31.8 Å². The molecule has 0 spiro atoms. The van der Waals surface area contributed by atoms with Crippen LogP contribution in [0.25, 0.3) is 0 Å². The number of benzene rings is 3. The van der Waals surface area contributed by atoms with Crippen LogP contribution in [-0.4, -0.2) is 29.2 Å². The summed E-state index contributed by atoms with van der Waals surface area (Å²) in [5.74, 6) is -2.06. The molecule has 1 N–H and O–H groups in total. The van der Waals surface area contributed by atoms with Gasteiger partial charge in [0.2, 0.25) is 0 Å². The van der Waals surface area contributed by atoms with E-state index in [-0.39, 0.29) is 28.3 Å². The first-order valence-corrected chi connectivity index (χ1v) is 10.3. The third-order valence-electron chi connectivity index (χ3n) is 4.51. The van der Waals surface area contributed by atoms with E-state index < -0.39 is 34.9 Å². The van der Waals surface area contributed by atoms with Crippen LogP contribution in [-0.2, 0) is 16.1 Å². The summed E-state index contributed by atoms with van der Waals surface area (Å²) in [6.45, 7) is -0.365. The largest absolute Gasteiger partial charge is 0.452 e. The summed E-state index contributed by atoms with van der Waals surface area (Å²) in [4.78, 5) is 47.9. The fourth-order valence-corrected chi connectivity index (χ4v) is 3.32. The number of rotatable bonds is 8. The number of carbonyl (C=O) groups excluding carboxylic acids is 3. The van der Waals surface area contributed by atoms with Crippen LogP contribution in [0.15, 0.2) is 66.7 Å². The van der Waals surface area contributed by atoms with Crippen LogP contribution >= 0.6 is 23.2 Å². The number of amides is 1. The number of carbonyl (C=O) groups is 3. The van der Waals surface area contributed by atoms with Gasteiger partial charge in [0.05, 0.1) is 10.5 Å². The van der Waals surface area contributed by atoms with Crippen molar-refractivity contribution in [1.82, 2.24) is 5.32 Å². The van der Waals surface area contributed by atoms with Gasteiger partial charge in [-0.25, -0.2) is 4.79 Å². The average Bonchev–Trinajstić information content (AvgIpc) is 2.81. The Labute approximate surface area is 198 Å². The predicted molar refractivity (Wildman–Crippen MR) is 122 cm³/mol. The van der Waals surface area contributed by atoms with Crippen molar-refractivity contribution in [2.24, 2.45) is 0 Å². The molecule has 0 saturated heterocycles. The predicted octanol–water partition coefficient (Wildman–Crippen LogP) is 4.61. The third kappa shape index (κ3) is 6.15. The van der Waals surface area contributed by atoms with Crippen molar-refractivity contribution in [2.45, 2.75) is 6.54 Å². The Bertz CT molecular complexity index is 1250. The standard InChI is InChI=1S/C23H16Cl2N2O6/c24-16-5-3-4-14(10-16)12-26-21(28)13-33-23(30)18-7-2-1-6-17(18)22(29)15-8-9-19(25)20(11-15)27(31)32/h1-11H,12-13H2,(H,26,28). The molecule has 10 heteroatoms. The molecule has 0 aromatic heterocycles. The van der Waals surface area contributed by atoms with E-state index in [1.807, 2.05) is 0 Å². The highest BCUT2D eigenvalue weighted by Gasteiger charge is 2.22. The molecule has 168 valence electrons. The van der Waals surface area contributed by atoms with Crippen molar-refractivity contribution in [3.63, 3.8) is 0 Å². The summed E-state index contributed by atoms with van der Waals surface area (Å²) in [5, 5.41) is 14.1. The van der Waals surface area contributed by atoms with Gasteiger partial charge in [-0.2, -0.15) is 0 Å². The zero-order chi connectivity index (χ0) is 24.0. The van der Waals surface area contributed by atoms with E-state index >= 15 is 0 Å². The molecule has 0 fully saturated rings. The zero-order valence-corrected chi connectivity index (χ0v) is 18.4. The Kier molecular flexibility index (Phi) is 7.76. The number of halogens is 2. The van der Waals surface area contributed by atoms with Crippen LogP contribution in [0.4, 0.5) is 5.69 Å². The molecule has 0 heterocycles. The summed E-state index contributed by atoms with van der Waals surface area (Å²) < 4.78 is 5.05. The highest BCUT2D eigenvalue weighted by atomic mass is 35.5. The molecule has 3 rings (SSSR count). The molecular formula is C23H16Cl2N2O6. The molecule has 0 aliphatic heterocycles. The summed E-state index contributed by atoms with van der Waals surface area (Å²) in [7, 11) is 0. The number of nitro groups is 1. The van der Waals surface area contributed by atoms with Crippen LogP contribution in [0.2, 0.25) is 10.0 Å². The number of ketones is 1. The second kappa shape index (κ2) is 10.7. The lowest BCUT2D eigenvalue weighted by Crippen LogP contribution is -2.28. The number of nitro benzene ring substituents is 1. The minimum Gasteiger partial charge on any atom is -0.452 e. The molecule has 33 heavy (non-hydrogen) atoms. The second-order valence-electron chi connectivity index (χ2n) is 6.78. The summed E-state index contributed by atoms with van der Waals surface area (Å²) in [6.07, 6.45) is 0. The summed E-state index contributed by atoms with van der Waals surface area (Å²) in [6, 6.07) is 16.3. The maximum Gasteiger partial charge on any atom is 0.339 e. The lowest BCUT2D eigenvalue weighted by atomic mass is 9.98. The van der Waals surface area contributed by atoms with Gasteiger partial charge in [0.1, 0.15) is 5.02 Å². The lowest BCUT2D eigenvalue weighted by Gasteiger charge is -2.10. The summed E-state index contributed by atoms with van der Waals surface area (Å²) >= 11 is 11.7. The molecule has 0 aliphatic rings. The molecule has 0 unspecified atom stereocenters. The Morgan fingerprint density at radius 3 is 2.36 bits per heavy atom. The number of hydrogen-bond donors (Lipinski definition) is 1. The van der Waals surface area contributed by atoms with E-state index in [9.17, 15) is 24.5 Å². The molecule has 8 nitrogen and oxygen atoms in total. The van der Waals surface area contributed by atoms with E-state index in [2.05, 4.69) is 5.32 Å². The number of esters is 1. The van der Waals surface area contributed by atoms with Crippen molar-refractivity contribution >= 4 is 46.5 Å². The molecule has 0 saturated carbocycles. The molecule has 0 aliphatic carbocycles. The number of hydrogen-bond acceptors (Lipinski definition) is 6. The van der Waals surface area contributed by atoms with E-state index in [0.717, 1.165) is 11.6 Å². The van der Waals surface area contributed by atoms with Gasteiger partial charge in [0.15, 0.2) is 12.4 Å². The van der Waals surface area contributed by atoms with Gasteiger partial charge >= 0.3 is 5.97 Å². The second-order valence-corrected chi connectivity index (χ2v) is 7.62. The van der Waals surface area contributed by atoms with Crippen LogP contribution in [0.5, 0.6) is 0 Å². The first-order chi connectivity index (χ1) is 15.8. The number of nitrogens with zero attached hydrogens (tertiary/aromatic N) is 1. The van der Waals surface area contributed by atoms with Crippen molar-refractivity contribution in [2.75, 3.05) is 6.61 Å². The normalized spacial score (nSPS) is 10.4. The van der Waals surface area contributed by atoms with Gasteiger partial charge in [0, 0.05) is 28.8 Å². The number of ether oxygens (including phenoxy) is 1. The Morgan fingerprint density at radius 1 is 0.939 bits per heavy atom. The first kappa shape index (κ1) is 23.9. The van der Waals surface area contributed by atoms with E-state index in [4.69, 9.17) is 27.9 Å². The van der Waals surface area contributed by atoms with E-state index in [0.29, 0.717) is 5.02 Å². The van der Waals surface area contributed by atoms with Crippen molar-refractivity contribution in [3.05, 3.63) is 109 Å². The fraction of sp³-hybridized carbons (Fsp3) is 0.0870. The highest BCUT2D eigenvalue weighted by molar-refractivity contribution is 6.33. The highest BCUT2D eigenvalue weighted by Crippen LogP contribution is 2.27.